The molecule has 0 aromatic heterocycles. The zero-order valence-corrected chi connectivity index (χ0v) is 7.13. The van der Waals surface area contributed by atoms with Crippen LogP contribution in [0.25, 0.3) is 0 Å². The van der Waals surface area contributed by atoms with Crippen LogP contribution in [0.15, 0.2) is 0 Å². The monoisotopic (exact) mass is 151 g/mol. The topological polar surface area (TPSA) is 3.24 Å². The fourth-order valence-corrected chi connectivity index (χ4v) is 3.55. The Morgan fingerprint density at radius 2 is 1.27 bits per heavy atom. The van der Waals surface area contributed by atoms with Crippen molar-refractivity contribution in [2.24, 2.45) is 17.8 Å². The van der Waals surface area contributed by atoms with Crippen LogP contribution in [0, 0.1) is 17.8 Å². The largest absolute Gasteiger partial charge is 0.303 e. The third kappa shape index (κ3) is 1.01. The average molecular weight is 151 g/mol. The molecular weight excluding hydrogens is 134 g/mol. The van der Waals surface area contributed by atoms with Crippen molar-refractivity contribution in [2.75, 3.05) is 19.6 Å². The minimum Gasteiger partial charge on any atom is -0.303 e. The van der Waals surface area contributed by atoms with E-state index in [0.717, 1.165) is 17.8 Å². The molecule has 0 amide bonds. The smallest absolute Gasteiger partial charge is 0.00101 e. The van der Waals surface area contributed by atoms with Gasteiger partial charge >= 0.3 is 0 Å². The van der Waals surface area contributed by atoms with Crippen molar-refractivity contribution in [2.45, 2.75) is 25.7 Å². The van der Waals surface area contributed by atoms with Gasteiger partial charge in [0.1, 0.15) is 0 Å². The lowest BCUT2D eigenvalue weighted by Gasteiger charge is -2.41. The molecular formula is C10H17N. The minimum atomic E-state index is 1.08. The summed E-state index contributed by atoms with van der Waals surface area (Å²) >= 11 is 0. The molecule has 0 spiro atoms. The van der Waals surface area contributed by atoms with Crippen LogP contribution >= 0.6 is 0 Å². The van der Waals surface area contributed by atoms with Gasteiger partial charge in [0.15, 0.2) is 0 Å². The SMILES string of the molecule is C1CC2CC3CC1CN(C2)C3. The standard InChI is InChI=1S/C10H17N/c1-2-9-4-10-3-8(1)5-11(6-9)7-10/h8-10H,1-7H2. The highest BCUT2D eigenvalue weighted by Crippen LogP contribution is 2.40. The zero-order valence-electron chi connectivity index (χ0n) is 7.13. The second-order valence-electron chi connectivity index (χ2n) is 4.87. The van der Waals surface area contributed by atoms with E-state index in [2.05, 4.69) is 4.90 Å². The Balaban J connectivity index is 1.90. The molecule has 4 fully saturated rings. The van der Waals surface area contributed by atoms with E-state index in [1.807, 2.05) is 0 Å². The third-order valence-corrected chi connectivity index (χ3v) is 3.87. The Kier molecular flexibility index (Phi) is 1.31. The average Bonchev–Trinajstić information content (AvgIpc) is 2.18. The summed E-state index contributed by atoms with van der Waals surface area (Å²) in [5, 5.41) is 0. The Bertz CT molecular complexity index is 132. The highest BCUT2D eigenvalue weighted by molar-refractivity contribution is 4.90. The van der Waals surface area contributed by atoms with E-state index in [1.54, 1.807) is 12.8 Å². The van der Waals surface area contributed by atoms with E-state index >= 15 is 0 Å². The van der Waals surface area contributed by atoms with Crippen LogP contribution in [0.4, 0.5) is 0 Å². The van der Waals surface area contributed by atoms with Gasteiger partial charge in [-0.05, 0) is 43.4 Å². The molecule has 2 atom stereocenters. The fourth-order valence-electron chi connectivity index (χ4n) is 3.55. The van der Waals surface area contributed by atoms with Gasteiger partial charge in [0.2, 0.25) is 0 Å². The molecule has 3 saturated heterocycles. The number of hydrogen-bond acceptors (Lipinski definition) is 1. The molecule has 3 heterocycles. The molecule has 62 valence electrons. The van der Waals surface area contributed by atoms with E-state index < -0.39 is 0 Å². The summed E-state index contributed by atoms with van der Waals surface area (Å²) in [5.74, 6) is 3.26. The molecule has 0 N–H and O–H groups in total. The minimum absolute atomic E-state index is 1.08. The summed E-state index contributed by atoms with van der Waals surface area (Å²) in [6.45, 7) is 4.31. The molecule has 4 aliphatic rings. The summed E-state index contributed by atoms with van der Waals surface area (Å²) < 4.78 is 0. The summed E-state index contributed by atoms with van der Waals surface area (Å²) in [6, 6.07) is 0. The third-order valence-electron chi connectivity index (χ3n) is 3.87. The second-order valence-corrected chi connectivity index (χ2v) is 4.87. The van der Waals surface area contributed by atoms with E-state index in [0.29, 0.717) is 0 Å². The molecule has 0 aromatic rings. The Labute approximate surface area is 68.8 Å². The predicted octanol–water partition coefficient (Wildman–Crippen LogP) is 1.74. The number of piperidine rings is 2. The summed E-state index contributed by atoms with van der Waals surface area (Å²) in [6.07, 6.45) is 6.20. The Morgan fingerprint density at radius 1 is 0.727 bits per heavy atom. The van der Waals surface area contributed by atoms with Crippen molar-refractivity contribution in [1.29, 1.82) is 0 Å². The summed E-state index contributed by atoms with van der Waals surface area (Å²) in [4.78, 5) is 2.72. The van der Waals surface area contributed by atoms with Gasteiger partial charge in [0.05, 0.1) is 0 Å². The van der Waals surface area contributed by atoms with E-state index in [-0.39, 0.29) is 0 Å². The maximum absolute atomic E-state index is 2.72. The molecule has 3 aliphatic heterocycles. The van der Waals surface area contributed by atoms with Crippen molar-refractivity contribution in [3.05, 3.63) is 0 Å². The first-order valence-electron chi connectivity index (χ1n) is 5.12. The lowest BCUT2D eigenvalue weighted by Crippen LogP contribution is -2.44. The summed E-state index contributed by atoms with van der Waals surface area (Å²) in [5.41, 5.74) is 0. The lowest BCUT2D eigenvalue weighted by molar-refractivity contribution is 0.0780. The molecule has 1 nitrogen and oxygen atoms in total. The highest BCUT2D eigenvalue weighted by Gasteiger charge is 2.37. The van der Waals surface area contributed by atoms with Gasteiger partial charge in [0, 0.05) is 19.6 Å². The van der Waals surface area contributed by atoms with Crippen LogP contribution in [-0.2, 0) is 0 Å². The molecule has 2 unspecified atom stereocenters. The van der Waals surface area contributed by atoms with E-state index in [9.17, 15) is 0 Å². The normalized spacial score (nSPS) is 54.5. The number of nitrogens with zero attached hydrogens (tertiary/aromatic N) is 1. The fraction of sp³-hybridized carbons (Fsp3) is 1.00. The number of rotatable bonds is 0. The molecule has 1 heteroatoms. The lowest BCUT2D eigenvalue weighted by atomic mass is 9.84. The van der Waals surface area contributed by atoms with Crippen molar-refractivity contribution in [3.8, 4) is 0 Å². The van der Waals surface area contributed by atoms with E-state index in [4.69, 9.17) is 0 Å². The maximum atomic E-state index is 2.72. The van der Waals surface area contributed by atoms with Gasteiger partial charge in [-0.15, -0.1) is 0 Å². The Hall–Kier alpha value is -0.0400. The van der Waals surface area contributed by atoms with Crippen molar-refractivity contribution in [3.63, 3.8) is 0 Å². The first kappa shape index (κ1) is 6.47. The second kappa shape index (κ2) is 2.22. The van der Waals surface area contributed by atoms with Gasteiger partial charge in [-0.2, -0.15) is 0 Å². The van der Waals surface area contributed by atoms with Crippen LogP contribution in [-0.4, -0.2) is 24.5 Å². The van der Waals surface area contributed by atoms with Crippen molar-refractivity contribution >= 4 is 0 Å². The molecule has 4 rings (SSSR count). The van der Waals surface area contributed by atoms with Gasteiger partial charge < -0.3 is 4.90 Å². The van der Waals surface area contributed by atoms with Crippen molar-refractivity contribution < 1.29 is 0 Å². The van der Waals surface area contributed by atoms with Crippen LogP contribution < -0.4 is 0 Å². The zero-order chi connectivity index (χ0) is 7.26. The Morgan fingerprint density at radius 3 is 1.82 bits per heavy atom. The predicted molar refractivity (Wildman–Crippen MR) is 45.4 cm³/mol. The maximum Gasteiger partial charge on any atom is 0.00101 e. The molecule has 0 radical (unpaired) electrons. The van der Waals surface area contributed by atoms with Crippen LogP contribution in [0.3, 0.4) is 0 Å². The van der Waals surface area contributed by atoms with Gasteiger partial charge in [-0.1, -0.05) is 0 Å². The van der Waals surface area contributed by atoms with Gasteiger partial charge in [0.25, 0.3) is 0 Å². The molecule has 1 aliphatic carbocycles. The molecule has 0 aromatic carbocycles. The van der Waals surface area contributed by atoms with Crippen LogP contribution in [0.1, 0.15) is 25.7 Å². The quantitative estimate of drug-likeness (QED) is 0.509. The van der Waals surface area contributed by atoms with Gasteiger partial charge in [-0.3, -0.25) is 0 Å². The summed E-state index contributed by atoms with van der Waals surface area (Å²) in [7, 11) is 0. The highest BCUT2D eigenvalue weighted by atomic mass is 15.2. The molecule has 1 saturated carbocycles. The van der Waals surface area contributed by atoms with Crippen LogP contribution in [0.2, 0.25) is 0 Å². The number of hydrogen-bond donors (Lipinski definition) is 0. The molecule has 11 heavy (non-hydrogen) atoms. The molecule has 4 bridgehead atoms. The first-order chi connectivity index (χ1) is 5.40. The van der Waals surface area contributed by atoms with Gasteiger partial charge in [-0.25, -0.2) is 0 Å². The number of fused-ring (bicyclic) bond motifs is 1. The van der Waals surface area contributed by atoms with E-state index in [1.165, 1.54) is 32.5 Å². The first-order valence-corrected chi connectivity index (χ1v) is 5.12. The van der Waals surface area contributed by atoms with Crippen molar-refractivity contribution in [1.82, 2.24) is 4.90 Å². The van der Waals surface area contributed by atoms with Crippen LogP contribution in [0.5, 0.6) is 0 Å².